The fourth-order valence-electron chi connectivity index (χ4n) is 5.16. The summed E-state index contributed by atoms with van der Waals surface area (Å²) in [6.45, 7) is 4.50. The number of likely N-dealkylation sites (N-methyl/N-ethyl adjacent to an activating group) is 1. The van der Waals surface area contributed by atoms with Crippen LogP contribution in [0.2, 0.25) is 0 Å². The van der Waals surface area contributed by atoms with Gasteiger partial charge in [-0.1, -0.05) is 109 Å². The van der Waals surface area contributed by atoms with E-state index in [0.29, 0.717) is 12.8 Å². The van der Waals surface area contributed by atoms with Crippen molar-refractivity contribution < 1.29 is 38.2 Å². The van der Waals surface area contributed by atoms with Gasteiger partial charge in [-0.2, -0.15) is 0 Å². The normalized spacial score (nSPS) is 13.3. The highest BCUT2D eigenvalue weighted by Gasteiger charge is 2.25. The SMILES string of the molecule is CCCCCC/C=C\C/C=C\CCCCCCCCCC(=O)OC(COCCC(C(=O)[O-])[N+](C)(C)C)COC(=O)CCCCCC. The van der Waals surface area contributed by atoms with Gasteiger partial charge in [0.1, 0.15) is 12.6 Å². The molecule has 0 aromatic rings. The first kappa shape index (κ1) is 43.8. The van der Waals surface area contributed by atoms with E-state index in [2.05, 4.69) is 38.2 Å². The Hall–Kier alpha value is -2.19. The number of carboxylic acid groups (broad SMARTS) is 1. The van der Waals surface area contributed by atoms with Gasteiger partial charge in [-0.05, 0) is 44.9 Å². The summed E-state index contributed by atoms with van der Waals surface area (Å²) in [7, 11) is 5.38. The number of carbonyl (C=O) groups is 3. The van der Waals surface area contributed by atoms with E-state index in [1.807, 2.05) is 0 Å². The van der Waals surface area contributed by atoms with Crippen molar-refractivity contribution in [3.63, 3.8) is 0 Å². The molecule has 46 heavy (non-hydrogen) atoms. The summed E-state index contributed by atoms with van der Waals surface area (Å²) in [6.07, 6.45) is 29.6. The molecule has 0 saturated carbocycles. The van der Waals surface area contributed by atoms with Crippen molar-refractivity contribution in [2.45, 2.75) is 161 Å². The largest absolute Gasteiger partial charge is 0.544 e. The molecule has 0 bridgehead atoms. The number of esters is 2. The van der Waals surface area contributed by atoms with Crippen LogP contribution in [0.1, 0.15) is 149 Å². The smallest absolute Gasteiger partial charge is 0.306 e. The Morgan fingerprint density at radius 2 is 1.15 bits per heavy atom. The molecule has 0 aromatic heterocycles. The second kappa shape index (κ2) is 30.2. The zero-order valence-electron chi connectivity index (χ0n) is 30.2. The molecule has 0 fully saturated rings. The van der Waals surface area contributed by atoms with Gasteiger partial charge in [0.2, 0.25) is 0 Å². The lowest BCUT2D eigenvalue weighted by atomic mass is 10.1. The maximum absolute atomic E-state index is 12.6. The van der Waals surface area contributed by atoms with Gasteiger partial charge in [0, 0.05) is 19.3 Å². The molecular weight excluding hydrogens is 582 g/mol. The van der Waals surface area contributed by atoms with Crippen LogP contribution in [0.5, 0.6) is 0 Å². The standard InChI is InChI=1S/C38H69NO7/c1-6-8-10-12-13-14-15-16-17-18-19-20-21-22-23-24-25-27-29-37(41)46-34(33-45-36(40)28-26-11-9-7-2)32-44-31-30-35(38(42)43)39(3,4)5/h14-15,17-18,34-35H,6-13,16,19-33H2,1-5H3/b15-14-,18-17-. The Bertz CT molecular complexity index is 818. The van der Waals surface area contributed by atoms with E-state index in [0.717, 1.165) is 57.8 Å². The van der Waals surface area contributed by atoms with Crippen LogP contribution in [0.25, 0.3) is 0 Å². The number of ether oxygens (including phenoxy) is 3. The van der Waals surface area contributed by atoms with E-state index in [1.54, 1.807) is 21.1 Å². The van der Waals surface area contributed by atoms with E-state index >= 15 is 0 Å². The third-order valence-corrected chi connectivity index (χ3v) is 8.09. The molecule has 0 saturated heterocycles. The van der Waals surface area contributed by atoms with Crippen LogP contribution in [0.4, 0.5) is 0 Å². The minimum Gasteiger partial charge on any atom is -0.544 e. The molecule has 8 nitrogen and oxygen atoms in total. The summed E-state index contributed by atoms with van der Waals surface area (Å²) >= 11 is 0. The highest BCUT2D eigenvalue weighted by Crippen LogP contribution is 2.13. The first-order chi connectivity index (χ1) is 22.1. The highest BCUT2D eigenvalue weighted by molar-refractivity contribution is 5.70. The van der Waals surface area contributed by atoms with E-state index < -0.39 is 18.1 Å². The van der Waals surface area contributed by atoms with Crippen LogP contribution in [0, 0.1) is 0 Å². The number of carboxylic acids is 1. The Kier molecular flexibility index (Phi) is 28.7. The number of aliphatic carboxylic acids is 1. The minimum atomic E-state index is -1.13. The van der Waals surface area contributed by atoms with E-state index in [4.69, 9.17) is 14.2 Å². The molecule has 8 heteroatoms. The lowest BCUT2D eigenvalue weighted by molar-refractivity contribution is -0.889. The van der Waals surface area contributed by atoms with Crippen molar-refractivity contribution in [3.8, 4) is 0 Å². The average Bonchev–Trinajstić information content (AvgIpc) is 3.00. The molecule has 0 aliphatic heterocycles. The number of quaternary nitrogens is 1. The third kappa shape index (κ3) is 28.1. The minimum absolute atomic E-state index is 0.0385. The van der Waals surface area contributed by atoms with Crippen molar-refractivity contribution in [1.82, 2.24) is 0 Å². The molecule has 268 valence electrons. The molecule has 0 aliphatic rings. The number of hydrogen-bond donors (Lipinski definition) is 0. The molecule has 0 spiro atoms. The molecule has 0 radical (unpaired) electrons. The van der Waals surface area contributed by atoms with Gasteiger partial charge < -0.3 is 28.6 Å². The predicted molar refractivity (Wildman–Crippen MR) is 185 cm³/mol. The van der Waals surface area contributed by atoms with Gasteiger partial charge in [-0.25, -0.2) is 0 Å². The highest BCUT2D eigenvalue weighted by atomic mass is 16.6. The second-order valence-corrected chi connectivity index (χ2v) is 13.5. The topological polar surface area (TPSA) is 102 Å². The summed E-state index contributed by atoms with van der Waals surface area (Å²) in [5.41, 5.74) is 0. The monoisotopic (exact) mass is 652 g/mol. The number of allylic oxidation sites excluding steroid dienone is 4. The quantitative estimate of drug-likeness (QED) is 0.0319. The fourth-order valence-corrected chi connectivity index (χ4v) is 5.16. The number of rotatable bonds is 32. The zero-order valence-corrected chi connectivity index (χ0v) is 30.2. The first-order valence-electron chi connectivity index (χ1n) is 18.4. The molecule has 0 aromatic carbocycles. The Balaban J connectivity index is 4.25. The first-order valence-corrected chi connectivity index (χ1v) is 18.4. The zero-order chi connectivity index (χ0) is 34.3. The summed E-state index contributed by atoms with van der Waals surface area (Å²) < 4.78 is 16.9. The lowest BCUT2D eigenvalue weighted by Gasteiger charge is -2.34. The van der Waals surface area contributed by atoms with Gasteiger partial charge in [0.25, 0.3) is 0 Å². The van der Waals surface area contributed by atoms with Crippen LogP contribution >= 0.6 is 0 Å². The van der Waals surface area contributed by atoms with Crippen molar-refractivity contribution in [2.24, 2.45) is 0 Å². The summed E-state index contributed by atoms with van der Waals surface area (Å²) in [4.78, 5) is 36.2. The molecular formula is C38H69NO7. The third-order valence-electron chi connectivity index (χ3n) is 8.09. The molecule has 2 atom stereocenters. The van der Waals surface area contributed by atoms with Gasteiger partial charge in [0.05, 0.1) is 40.3 Å². The van der Waals surface area contributed by atoms with Gasteiger partial charge in [-0.3, -0.25) is 9.59 Å². The van der Waals surface area contributed by atoms with Crippen LogP contribution in [-0.4, -0.2) is 75.5 Å². The van der Waals surface area contributed by atoms with Gasteiger partial charge in [0.15, 0.2) is 6.10 Å². The summed E-state index contributed by atoms with van der Waals surface area (Å²) in [5, 5.41) is 11.5. The molecule has 0 N–H and O–H groups in total. The number of nitrogens with zero attached hydrogens (tertiary/aromatic N) is 1. The van der Waals surface area contributed by atoms with Crippen molar-refractivity contribution in [1.29, 1.82) is 0 Å². The molecule has 0 rings (SSSR count). The van der Waals surface area contributed by atoms with Crippen LogP contribution in [0.3, 0.4) is 0 Å². The van der Waals surface area contributed by atoms with Crippen LogP contribution in [-0.2, 0) is 28.6 Å². The fraction of sp³-hybridized carbons (Fsp3) is 0.816. The number of hydrogen-bond acceptors (Lipinski definition) is 7. The number of unbranched alkanes of at least 4 members (excludes halogenated alkanes) is 14. The van der Waals surface area contributed by atoms with Crippen molar-refractivity contribution in [2.75, 3.05) is 41.0 Å². The lowest BCUT2D eigenvalue weighted by Crippen LogP contribution is -2.55. The molecule has 0 amide bonds. The molecule has 0 aliphatic carbocycles. The van der Waals surface area contributed by atoms with Crippen LogP contribution in [0.15, 0.2) is 24.3 Å². The maximum Gasteiger partial charge on any atom is 0.306 e. The Labute approximate surface area is 281 Å². The van der Waals surface area contributed by atoms with E-state index in [9.17, 15) is 19.5 Å². The molecule has 0 heterocycles. The Morgan fingerprint density at radius 1 is 0.652 bits per heavy atom. The molecule has 2 unspecified atom stereocenters. The van der Waals surface area contributed by atoms with E-state index in [1.165, 1.54) is 57.8 Å². The second-order valence-electron chi connectivity index (χ2n) is 13.5. The van der Waals surface area contributed by atoms with Crippen molar-refractivity contribution in [3.05, 3.63) is 24.3 Å². The van der Waals surface area contributed by atoms with Crippen LogP contribution < -0.4 is 5.11 Å². The predicted octanol–water partition coefficient (Wildman–Crippen LogP) is 7.63. The van der Waals surface area contributed by atoms with Gasteiger partial charge in [-0.15, -0.1) is 0 Å². The average molecular weight is 652 g/mol. The number of carbonyl (C=O) groups excluding carboxylic acids is 3. The summed E-state index contributed by atoms with van der Waals surface area (Å²) in [6, 6.07) is -0.721. The summed E-state index contributed by atoms with van der Waals surface area (Å²) in [5.74, 6) is -1.77. The Morgan fingerprint density at radius 3 is 1.70 bits per heavy atom. The maximum atomic E-state index is 12.6. The van der Waals surface area contributed by atoms with Crippen molar-refractivity contribution >= 4 is 17.9 Å². The van der Waals surface area contributed by atoms with Gasteiger partial charge >= 0.3 is 11.9 Å². The van der Waals surface area contributed by atoms with E-state index in [-0.39, 0.29) is 42.7 Å².